The molecule has 2 rings (SSSR count). The van der Waals surface area contributed by atoms with Crippen LogP contribution in [0.25, 0.3) is 0 Å². The van der Waals surface area contributed by atoms with Gasteiger partial charge in [-0.2, -0.15) is 0 Å². The molecule has 0 radical (unpaired) electrons. The second-order valence-electron chi connectivity index (χ2n) is 6.00. The largest absolute Gasteiger partial charge is 0.497 e. The molecule has 1 aliphatic rings. The van der Waals surface area contributed by atoms with Gasteiger partial charge in [0.15, 0.2) is 0 Å². The van der Waals surface area contributed by atoms with Gasteiger partial charge in [0.25, 0.3) is 5.91 Å². The molecule has 0 spiro atoms. The Morgan fingerprint density at radius 2 is 2.25 bits per heavy atom. The fourth-order valence-electron chi connectivity index (χ4n) is 3.08. The summed E-state index contributed by atoms with van der Waals surface area (Å²) in [6.45, 7) is 6.77. The molecule has 110 valence electrons. The first-order chi connectivity index (χ1) is 9.39. The Morgan fingerprint density at radius 3 is 2.85 bits per heavy atom. The Hall–Kier alpha value is -1.75. The normalized spacial score (nSPS) is 20.2. The summed E-state index contributed by atoms with van der Waals surface area (Å²) in [6.07, 6.45) is 0.977. The van der Waals surface area contributed by atoms with Crippen LogP contribution < -0.4 is 20.9 Å². The highest BCUT2D eigenvalue weighted by Crippen LogP contribution is 2.44. The zero-order chi connectivity index (χ0) is 14.9. The number of ether oxygens (including phenoxy) is 1. The number of hydrogen-bond acceptors (Lipinski definition) is 4. The summed E-state index contributed by atoms with van der Waals surface area (Å²) in [4.78, 5) is 13.8. The third-order valence-electron chi connectivity index (χ3n) is 4.06. The number of benzene rings is 1. The van der Waals surface area contributed by atoms with E-state index in [4.69, 9.17) is 10.6 Å². The van der Waals surface area contributed by atoms with Crippen LogP contribution >= 0.6 is 0 Å². The predicted octanol–water partition coefficient (Wildman–Crippen LogP) is 1.78. The highest BCUT2D eigenvalue weighted by Gasteiger charge is 2.37. The minimum atomic E-state index is -0.186. The molecule has 0 fully saturated rings. The molecule has 0 bridgehead atoms. The summed E-state index contributed by atoms with van der Waals surface area (Å²) in [7, 11) is 1.67. The molecule has 1 aliphatic heterocycles. The molecule has 0 unspecified atom stereocenters. The number of amides is 1. The molecule has 0 aliphatic carbocycles. The molecule has 1 heterocycles. The zero-order valence-electron chi connectivity index (χ0n) is 12.6. The Bertz CT molecular complexity index is 514. The monoisotopic (exact) mass is 277 g/mol. The molecule has 1 aromatic carbocycles. The molecule has 3 N–H and O–H groups in total. The summed E-state index contributed by atoms with van der Waals surface area (Å²) in [5, 5.41) is 0. The van der Waals surface area contributed by atoms with E-state index < -0.39 is 0 Å². The van der Waals surface area contributed by atoms with Gasteiger partial charge in [0.2, 0.25) is 0 Å². The van der Waals surface area contributed by atoms with E-state index in [-0.39, 0.29) is 18.0 Å². The van der Waals surface area contributed by atoms with Crippen molar-refractivity contribution in [1.82, 2.24) is 5.43 Å². The maximum absolute atomic E-state index is 11.7. The third-order valence-corrected chi connectivity index (χ3v) is 4.06. The highest BCUT2D eigenvalue weighted by atomic mass is 16.5. The van der Waals surface area contributed by atoms with E-state index in [9.17, 15) is 4.79 Å². The minimum absolute atomic E-state index is 0.0898. The quantitative estimate of drug-likeness (QED) is 0.502. The van der Waals surface area contributed by atoms with Crippen LogP contribution in [0.4, 0.5) is 5.69 Å². The summed E-state index contributed by atoms with van der Waals surface area (Å²) in [6, 6.07) is 6.01. The number of rotatable bonds is 3. The SMILES string of the molecule is COc1ccc2c(c1)[C@@H](C)CC(C)(C)N2CC(=O)NN. The van der Waals surface area contributed by atoms with Crippen LogP contribution in [0.1, 0.15) is 38.7 Å². The van der Waals surface area contributed by atoms with E-state index in [1.165, 1.54) is 5.56 Å². The smallest absolute Gasteiger partial charge is 0.253 e. The lowest BCUT2D eigenvalue weighted by atomic mass is 9.80. The van der Waals surface area contributed by atoms with Crippen LogP contribution in [0.15, 0.2) is 18.2 Å². The van der Waals surface area contributed by atoms with Gasteiger partial charge in [-0.25, -0.2) is 5.84 Å². The number of hydrazine groups is 1. The average molecular weight is 277 g/mol. The van der Waals surface area contributed by atoms with Crippen molar-refractivity contribution in [2.45, 2.75) is 38.6 Å². The van der Waals surface area contributed by atoms with E-state index in [1.807, 2.05) is 12.1 Å². The number of nitrogens with zero attached hydrogens (tertiary/aromatic N) is 1. The Labute approximate surface area is 120 Å². The Morgan fingerprint density at radius 1 is 1.55 bits per heavy atom. The van der Waals surface area contributed by atoms with Crippen LogP contribution in [0.3, 0.4) is 0 Å². The zero-order valence-corrected chi connectivity index (χ0v) is 12.6. The summed E-state index contributed by atoms with van der Waals surface area (Å²) >= 11 is 0. The van der Waals surface area contributed by atoms with Gasteiger partial charge >= 0.3 is 0 Å². The fraction of sp³-hybridized carbons (Fsp3) is 0.533. The van der Waals surface area contributed by atoms with Crippen molar-refractivity contribution in [2.24, 2.45) is 5.84 Å². The van der Waals surface area contributed by atoms with Crippen molar-refractivity contribution < 1.29 is 9.53 Å². The standard InChI is InChI=1S/C15H23N3O2/c1-10-8-15(2,3)18(9-14(19)17-16)13-6-5-11(20-4)7-12(10)13/h5-7,10H,8-9,16H2,1-4H3,(H,17,19)/t10-/m0/s1. The van der Waals surface area contributed by atoms with Crippen molar-refractivity contribution in [2.75, 3.05) is 18.6 Å². The number of hydrogen-bond donors (Lipinski definition) is 2. The molecule has 5 heteroatoms. The first kappa shape index (κ1) is 14.7. The Kier molecular flexibility index (Phi) is 3.90. The number of carbonyl (C=O) groups is 1. The highest BCUT2D eigenvalue weighted by molar-refractivity contribution is 5.82. The Balaban J connectivity index is 2.45. The molecule has 0 saturated heterocycles. The van der Waals surface area contributed by atoms with Crippen molar-refractivity contribution in [1.29, 1.82) is 0 Å². The van der Waals surface area contributed by atoms with Crippen LogP contribution in [-0.4, -0.2) is 25.1 Å². The molecule has 1 aromatic rings. The van der Waals surface area contributed by atoms with Crippen LogP contribution in [0, 0.1) is 0 Å². The topological polar surface area (TPSA) is 67.6 Å². The van der Waals surface area contributed by atoms with Crippen LogP contribution in [0.2, 0.25) is 0 Å². The van der Waals surface area contributed by atoms with Gasteiger partial charge in [-0.1, -0.05) is 6.92 Å². The lowest BCUT2D eigenvalue weighted by Gasteiger charge is -2.47. The van der Waals surface area contributed by atoms with Crippen molar-refractivity contribution in [3.05, 3.63) is 23.8 Å². The third kappa shape index (κ3) is 2.58. The molecule has 0 aromatic heterocycles. The second-order valence-corrected chi connectivity index (χ2v) is 6.00. The minimum Gasteiger partial charge on any atom is -0.497 e. The maximum Gasteiger partial charge on any atom is 0.253 e. The first-order valence-electron chi connectivity index (χ1n) is 6.84. The lowest BCUT2D eigenvalue weighted by molar-refractivity contribution is -0.120. The van der Waals surface area contributed by atoms with Crippen molar-refractivity contribution >= 4 is 11.6 Å². The van der Waals surface area contributed by atoms with E-state index in [0.717, 1.165) is 17.9 Å². The lowest BCUT2D eigenvalue weighted by Crippen LogP contribution is -2.53. The van der Waals surface area contributed by atoms with Crippen molar-refractivity contribution in [3.8, 4) is 5.75 Å². The molecule has 1 atom stereocenters. The van der Waals surface area contributed by atoms with Gasteiger partial charge < -0.3 is 9.64 Å². The van der Waals surface area contributed by atoms with Gasteiger partial charge in [-0.3, -0.25) is 10.2 Å². The van der Waals surface area contributed by atoms with Crippen LogP contribution in [0.5, 0.6) is 5.75 Å². The number of nitrogens with one attached hydrogen (secondary N) is 1. The number of anilines is 1. The molecule has 20 heavy (non-hydrogen) atoms. The molecule has 5 nitrogen and oxygen atoms in total. The number of methoxy groups -OCH3 is 1. The second kappa shape index (κ2) is 5.32. The van der Waals surface area contributed by atoms with Crippen LogP contribution in [-0.2, 0) is 4.79 Å². The van der Waals surface area contributed by atoms with E-state index >= 15 is 0 Å². The summed E-state index contributed by atoms with van der Waals surface area (Å²) < 4.78 is 5.30. The van der Waals surface area contributed by atoms with E-state index in [1.54, 1.807) is 7.11 Å². The molecule has 0 saturated carbocycles. The predicted molar refractivity (Wildman–Crippen MR) is 79.8 cm³/mol. The maximum atomic E-state index is 11.7. The summed E-state index contributed by atoms with van der Waals surface area (Å²) in [5.41, 5.74) is 4.42. The molecular weight excluding hydrogens is 254 g/mol. The first-order valence-corrected chi connectivity index (χ1v) is 6.84. The van der Waals surface area contributed by atoms with Gasteiger partial charge in [-0.05, 0) is 49.9 Å². The number of fused-ring (bicyclic) bond motifs is 1. The number of carbonyl (C=O) groups excluding carboxylic acids is 1. The van der Waals surface area contributed by atoms with Gasteiger partial charge in [0, 0.05) is 11.2 Å². The molecular formula is C15H23N3O2. The van der Waals surface area contributed by atoms with Gasteiger partial charge in [0.1, 0.15) is 5.75 Å². The number of nitrogens with two attached hydrogens (primary N) is 1. The van der Waals surface area contributed by atoms with Gasteiger partial charge in [-0.15, -0.1) is 0 Å². The average Bonchev–Trinajstić information content (AvgIpc) is 2.42. The van der Waals surface area contributed by atoms with Crippen molar-refractivity contribution in [3.63, 3.8) is 0 Å². The van der Waals surface area contributed by atoms with E-state index in [2.05, 4.69) is 37.2 Å². The van der Waals surface area contributed by atoms with E-state index in [0.29, 0.717) is 5.92 Å². The fourth-order valence-corrected chi connectivity index (χ4v) is 3.08. The molecule has 1 amide bonds. The van der Waals surface area contributed by atoms with Gasteiger partial charge in [0.05, 0.1) is 13.7 Å². The summed E-state index contributed by atoms with van der Waals surface area (Å²) in [5.74, 6) is 6.31.